The highest BCUT2D eigenvalue weighted by molar-refractivity contribution is 6.85. The molecule has 33 heavy (non-hydrogen) atoms. The van der Waals surface area contributed by atoms with Crippen LogP contribution >= 0.6 is 0 Å². The van der Waals surface area contributed by atoms with Crippen molar-refractivity contribution in [1.82, 2.24) is 0 Å². The minimum absolute atomic E-state index is 0.159. The molecular formula is C26H43BN2O4. The standard InChI is InChI=1S/C26H43BN2O4/c1-10-13-19(16-18(2)17-22(30)31-24(3,4)5)29-21-15-12-11-14-20(21)23(28)27-32-25(6,7)26(8,9)33-27/h11-12,14-15,18-19,28-29H,10,13,16-17H2,1-9H3. The van der Waals surface area contributed by atoms with Crippen LogP contribution < -0.4 is 5.32 Å². The van der Waals surface area contributed by atoms with Crippen LogP contribution in [-0.4, -0.2) is 41.5 Å². The lowest BCUT2D eigenvalue weighted by atomic mass is 9.77. The molecule has 0 aromatic heterocycles. The van der Waals surface area contributed by atoms with Gasteiger partial charge in [-0.1, -0.05) is 38.5 Å². The summed E-state index contributed by atoms with van der Waals surface area (Å²) in [5, 5.41) is 12.5. The topological polar surface area (TPSA) is 80.6 Å². The van der Waals surface area contributed by atoms with Crippen molar-refractivity contribution in [3.63, 3.8) is 0 Å². The van der Waals surface area contributed by atoms with E-state index in [1.807, 2.05) is 72.7 Å². The van der Waals surface area contributed by atoms with Crippen molar-refractivity contribution >= 4 is 24.4 Å². The predicted octanol–water partition coefficient (Wildman–Crippen LogP) is 6.02. The Morgan fingerprint density at radius 2 is 1.73 bits per heavy atom. The second-order valence-electron chi connectivity index (χ2n) is 11.3. The van der Waals surface area contributed by atoms with Gasteiger partial charge in [-0.2, -0.15) is 0 Å². The van der Waals surface area contributed by atoms with Gasteiger partial charge in [0.1, 0.15) is 5.60 Å². The van der Waals surface area contributed by atoms with Crippen LogP contribution in [0.1, 0.15) is 93.6 Å². The number of ether oxygens (including phenoxy) is 1. The fraction of sp³-hybridized carbons (Fsp3) is 0.692. The molecule has 0 bridgehead atoms. The third-order valence-corrected chi connectivity index (χ3v) is 6.32. The molecule has 7 heteroatoms. The van der Waals surface area contributed by atoms with Gasteiger partial charge in [-0.05, 0) is 73.3 Å². The number of esters is 1. The Hall–Kier alpha value is -1.86. The molecule has 0 aliphatic carbocycles. The van der Waals surface area contributed by atoms with Gasteiger partial charge in [0.25, 0.3) is 0 Å². The number of carbonyl (C=O) groups excluding carboxylic acids is 1. The van der Waals surface area contributed by atoms with Crippen LogP contribution in [0.3, 0.4) is 0 Å². The van der Waals surface area contributed by atoms with E-state index in [4.69, 9.17) is 19.5 Å². The maximum atomic E-state index is 12.3. The fourth-order valence-electron chi connectivity index (χ4n) is 3.99. The second kappa shape index (κ2) is 10.6. The van der Waals surface area contributed by atoms with Crippen molar-refractivity contribution in [2.45, 2.75) is 111 Å². The highest BCUT2D eigenvalue weighted by Gasteiger charge is 2.53. The largest absolute Gasteiger partial charge is 0.514 e. The first-order valence-corrected chi connectivity index (χ1v) is 12.2. The first kappa shape index (κ1) is 27.4. The molecule has 2 unspecified atom stereocenters. The quantitative estimate of drug-likeness (QED) is 0.254. The van der Waals surface area contributed by atoms with Crippen molar-refractivity contribution < 1.29 is 18.8 Å². The maximum absolute atomic E-state index is 12.3. The van der Waals surface area contributed by atoms with Gasteiger partial charge in [0.2, 0.25) is 0 Å². The number of nitrogens with one attached hydrogen (secondary N) is 2. The molecule has 0 radical (unpaired) electrons. The summed E-state index contributed by atoms with van der Waals surface area (Å²) in [5.41, 5.74) is 0.526. The number of carbonyl (C=O) groups is 1. The monoisotopic (exact) mass is 458 g/mol. The molecule has 0 spiro atoms. The normalized spacial score (nSPS) is 19.1. The van der Waals surface area contributed by atoms with E-state index in [1.165, 1.54) is 0 Å². The van der Waals surface area contributed by atoms with Gasteiger partial charge in [0.05, 0.1) is 16.8 Å². The summed E-state index contributed by atoms with van der Waals surface area (Å²) in [6.45, 7) is 17.9. The fourth-order valence-corrected chi connectivity index (χ4v) is 3.99. The SMILES string of the molecule is CCCC(CC(C)CC(=O)OC(C)(C)C)Nc1ccccc1C(=N)B1OC(C)(C)C(C)(C)O1. The summed E-state index contributed by atoms with van der Waals surface area (Å²) < 4.78 is 17.7. The zero-order valence-electron chi connectivity index (χ0n) is 22.0. The van der Waals surface area contributed by atoms with Gasteiger partial charge < -0.3 is 24.8 Å². The lowest BCUT2D eigenvalue weighted by Gasteiger charge is -2.32. The van der Waals surface area contributed by atoms with Gasteiger partial charge in [0.15, 0.2) is 0 Å². The molecule has 2 atom stereocenters. The molecule has 6 nitrogen and oxygen atoms in total. The minimum Gasteiger partial charge on any atom is -0.460 e. The van der Waals surface area contributed by atoms with E-state index in [9.17, 15) is 4.79 Å². The Morgan fingerprint density at radius 3 is 2.27 bits per heavy atom. The average molecular weight is 458 g/mol. The number of rotatable bonds is 10. The number of hydrogen-bond donors (Lipinski definition) is 2. The van der Waals surface area contributed by atoms with E-state index < -0.39 is 23.9 Å². The van der Waals surface area contributed by atoms with Crippen LogP contribution in [-0.2, 0) is 18.8 Å². The summed E-state index contributed by atoms with van der Waals surface area (Å²) >= 11 is 0. The molecule has 1 heterocycles. The Kier molecular flexibility index (Phi) is 8.80. The van der Waals surface area contributed by atoms with E-state index in [0.717, 1.165) is 30.5 Å². The zero-order valence-corrected chi connectivity index (χ0v) is 22.0. The Labute approximate surface area is 200 Å². The van der Waals surface area contributed by atoms with Gasteiger partial charge in [0, 0.05) is 23.7 Å². The third-order valence-electron chi connectivity index (χ3n) is 6.32. The summed E-state index contributed by atoms with van der Waals surface area (Å²) in [5.74, 6) is 0.0202. The molecule has 2 rings (SSSR count). The molecule has 1 aromatic carbocycles. The first-order valence-electron chi connectivity index (χ1n) is 12.2. The number of para-hydroxylation sites is 1. The molecule has 1 fully saturated rings. The number of benzene rings is 1. The Morgan fingerprint density at radius 1 is 1.15 bits per heavy atom. The number of hydrogen-bond acceptors (Lipinski definition) is 6. The van der Waals surface area contributed by atoms with Gasteiger partial charge in [-0.25, -0.2) is 0 Å². The van der Waals surface area contributed by atoms with E-state index in [2.05, 4.69) is 19.2 Å². The second-order valence-corrected chi connectivity index (χ2v) is 11.3. The molecule has 1 saturated heterocycles. The molecule has 1 aliphatic heterocycles. The molecule has 0 saturated carbocycles. The van der Waals surface area contributed by atoms with Crippen molar-refractivity contribution in [1.29, 1.82) is 5.41 Å². The van der Waals surface area contributed by atoms with Crippen molar-refractivity contribution in [2.24, 2.45) is 5.92 Å². The van der Waals surface area contributed by atoms with E-state index in [0.29, 0.717) is 12.0 Å². The third kappa shape index (κ3) is 7.58. The molecule has 2 N–H and O–H groups in total. The van der Waals surface area contributed by atoms with E-state index in [-0.39, 0.29) is 17.9 Å². The molecule has 1 aromatic rings. The van der Waals surface area contributed by atoms with Gasteiger partial charge in [-0.3, -0.25) is 4.79 Å². The molecular weight excluding hydrogens is 415 g/mol. The lowest BCUT2D eigenvalue weighted by Crippen LogP contribution is -2.41. The summed E-state index contributed by atoms with van der Waals surface area (Å²) in [6.07, 6.45) is 3.22. The predicted molar refractivity (Wildman–Crippen MR) is 136 cm³/mol. The average Bonchev–Trinajstić information content (AvgIpc) is 2.87. The van der Waals surface area contributed by atoms with Crippen molar-refractivity contribution in [2.75, 3.05) is 5.32 Å². The molecule has 0 amide bonds. The van der Waals surface area contributed by atoms with Crippen LogP contribution in [0.2, 0.25) is 0 Å². The van der Waals surface area contributed by atoms with E-state index >= 15 is 0 Å². The summed E-state index contributed by atoms with van der Waals surface area (Å²) in [4.78, 5) is 12.3. The van der Waals surface area contributed by atoms with Crippen LogP contribution in [0.5, 0.6) is 0 Å². The zero-order chi connectivity index (χ0) is 25.0. The minimum atomic E-state index is -0.714. The highest BCUT2D eigenvalue weighted by Crippen LogP contribution is 2.38. The van der Waals surface area contributed by atoms with Crippen LogP contribution in [0.25, 0.3) is 0 Å². The van der Waals surface area contributed by atoms with E-state index in [1.54, 1.807) is 0 Å². The van der Waals surface area contributed by atoms with Gasteiger partial charge in [-0.15, -0.1) is 0 Å². The molecule has 1 aliphatic rings. The van der Waals surface area contributed by atoms with Crippen LogP contribution in [0.15, 0.2) is 24.3 Å². The lowest BCUT2D eigenvalue weighted by molar-refractivity contribution is -0.155. The van der Waals surface area contributed by atoms with Gasteiger partial charge >= 0.3 is 13.1 Å². The Balaban J connectivity index is 2.12. The Bertz CT molecular complexity index is 816. The summed E-state index contributed by atoms with van der Waals surface area (Å²) in [7, 11) is -0.714. The molecule has 184 valence electrons. The van der Waals surface area contributed by atoms with Crippen LogP contribution in [0.4, 0.5) is 5.69 Å². The highest BCUT2D eigenvalue weighted by atomic mass is 16.7. The number of anilines is 1. The van der Waals surface area contributed by atoms with Crippen molar-refractivity contribution in [3.8, 4) is 0 Å². The summed E-state index contributed by atoms with van der Waals surface area (Å²) in [6, 6.07) is 8.01. The smallest absolute Gasteiger partial charge is 0.460 e. The maximum Gasteiger partial charge on any atom is 0.514 e. The van der Waals surface area contributed by atoms with Crippen molar-refractivity contribution in [3.05, 3.63) is 29.8 Å². The first-order chi connectivity index (χ1) is 15.1. The van der Waals surface area contributed by atoms with Crippen LogP contribution in [0, 0.1) is 11.3 Å².